The van der Waals surface area contributed by atoms with Crippen LogP contribution in [-0.2, 0) is 9.53 Å². The summed E-state index contributed by atoms with van der Waals surface area (Å²) in [5.74, 6) is 0.224. The van der Waals surface area contributed by atoms with Crippen molar-refractivity contribution in [1.29, 1.82) is 0 Å². The Hall–Kier alpha value is -1.58. The molecule has 1 aliphatic rings. The SMILES string of the molecule is COC(=O)C1(C(=O)c2ccc(C)o2)CCC1. The summed E-state index contributed by atoms with van der Waals surface area (Å²) in [6, 6.07) is 3.33. The first-order chi connectivity index (χ1) is 7.60. The molecule has 0 spiro atoms. The minimum Gasteiger partial charge on any atom is -0.468 e. The fourth-order valence-corrected chi connectivity index (χ4v) is 2.04. The molecule has 1 heterocycles. The van der Waals surface area contributed by atoms with Gasteiger partial charge in [0.1, 0.15) is 11.2 Å². The highest BCUT2D eigenvalue weighted by Crippen LogP contribution is 2.44. The summed E-state index contributed by atoms with van der Waals surface area (Å²) in [6.07, 6.45) is 1.98. The van der Waals surface area contributed by atoms with E-state index in [4.69, 9.17) is 9.15 Å². The van der Waals surface area contributed by atoms with Crippen molar-refractivity contribution < 1.29 is 18.7 Å². The maximum atomic E-state index is 12.2. The van der Waals surface area contributed by atoms with Crippen molar-refractivity contribution in [3.05, 3.63) is 23.7 Å². The molecule has 1 fully saturated rings. The first-order valence-electron chi connectivity index (χ1n) is 5.30. The number of carbonyl (C=O) groups is 2. The molecule has 16 heavy (non-hydrogen) atoms. The van der Waals surface area contributed by atoms with Crippen molar-refractivity contribution in [1.82, 2.24) is 0 Å². The molecule has 0 bridgehead atoms. The Morgan fingerprint density at radius 2 is 2.06 bits per heavy atom. The van der Waals surface area contributed by atoms with Gasteiger partial charge in [0.2, 0.25) is 5.78 Å². The van der Waals surface area contributed by atoms with Crippen molar-refractivity contribution in [2.45, 2.75) is 26.2 Å². The molecule has 0 unspecified atom stereocenters. The van der Waals surface area contributed by atoms with Crippen molar-refractivity contribution in [2.24, 2.45) is 5.41 Å². The second-order valence-corrected chi connectivity index (χ2v) is 4.17. The Labute approximate surface area is 93.6 Å². The van der Waals surface area contributed by atoms with Crippen LogP contribution in [0.25, 0.3) is 0 Å². The summed E-state index contributed by atoms with van der Waals surface area (Å²) in [4.78, 5) is 23.8. The lowest BCUT2D eigenvalue weighted by molar-refractivity contribution is -0.154. The van der Waals surface area contributed by atoms with Crippen molar-refractivity contribution in [2.75, 3.05) is 7.11 Å². The van der Waals surface area contributed by atoms with E-state index >= 15 is 0 Å². The Morgan fingerprint density at radius 1 is 1.38 bits per heavy atom. The number of hydrogen-bond donors (Lipinski definition) is 0. The van der Waals surface area contributed by atoms with Gasteiger partial charge in [-0.1, -0.05) is 6.42 Å². The summed E-state index contributed by atoms with van der Waals surface area (Å²) in [5.41, 5.74) is -0.987. The molecule has 0 atom stereocenters. The number of aryl methyl sites for hydroxylation is 1. The monoisotopic (exact) mass is 222 g/mol. The third-order valence-corrected chi connectivity index (χ3v) is 3.18. The highest BCUT2D eigenvalue weighted by Gasteiger charge is 2.52. The molecule has 1 aromatic rings. The molecule has 1 aliphatic carbocycles. The average molecular weight is 222 g/mol. The minimum absolute atomic E-state index is 0.251. The van der Waals surface area contributed by atoms with Crippen LogP contribution in [0.2, 0.25) is 0 Å². The summed E-state index contributed by atoms with van der Waals surface area (Å²) in [6.45, 7) is 1.77. The summed E-state index contributed by atoms with van der Waals surface area (Å²) in [5, 5.41) is 0. The summed E-state index contributed by atoms with van der Waals surface area (Å²) in [7, 11) is 1.31. The van der Waals surface area contributed by atoms with Gasteiger partial charge in [-0.2, -0.15) is 0 Å². The second kappa shape index (κ2) is 3.77. The lowest BCUT2D eigenvalue weighted by Gasteiger charge is -2.36. The maximum absolute atomic E-state index is 12.2. The fourth-order valence-electron chi connectivity index (χ4n) is 2.04. The van der Waals surface area contributed by atoms with E-state index in [1.807, 2.05) is 0 Å². The highest BCUT2D eigenvalue weighted by molar-refractivity contribution is 6.11. The number of furan rings is 1. The van der Waals surface area contributed by atoms with E-state index in [1.54, 1.807) is 19.1 Å². The standard InChI is InChI=1S/C12H14O4/c1-8-4-5-9(16-8)10(13)12(6-3-7-12)11(14)15-2/h4-5H,3,6-7H2,1-2H3. The van der Waals surface area contributed by atoms with Crippen LogP contribution >= 0.6 is 0 Å². The average Bonchev–Trinajstić information content (AvgIpc) is 2.62. The van der Waals surface area contributed by atoms with Gasteiger partial charge >= 0.3 is 5.97 Å². The number of Topliss-reactive ketones (excluding diaryl/α,β-unsaturated/α-hetero) is 1. The molecular formula is C12H14O4. The lowest BCUT2D eigenvalue weighted by atomic mass is 9.65. The van der Waals surface area contributed by atoms with Gasteiger partial charge in [-0.25, -0.2) is 0 Å². The van der Waals surface area contributed by atoms with Crippen molar-refractivity contribution in [3.8, 4) is 0 Å². The Bertz CT molecular complexity index is 426. The molecule has 0 amide bonds. The zero-order valence-electron chi connectivity index (χ0n) is 9.41. The van der Waals surface area contributed by atoms with E-state index in [2.05, 4.69) is 0 Å². The number of hydrogen-bond acceptors (Lipinski definition) is 4. The van der Waals surface area contributed by atoms with E-state index in [-0.39, 0.29) is 11.5 Å². The van der Waals surface area contributed by atoms with Crippen molar-refractivity contribution >= 4 is 11.8 Å². The van der Waals surface area contributed by atoms with Gasteiger partial charge < -0.3 is 9.15 Å². The van der Waals surface area contributed by atoms with E-state index in [0.29, 0.717) is 18.6 Å². The van der Waals surface area contributed by atoms with Gasteiger partial charge in [0.25, 0.3) is 0 Å². The van der Waals surface area contributed by atoms with Crippen LogP contribution in [0, 0.1) is 12.3 Å². The Morgan fingerprint density at radius 3 is 2.44 bits per heavy atom. The fraction of sp³-hybridized carbons (Fsp3) is 0.500. The zero-order valence-corrected chi connectivity index (χ0v) is 9.41. The maximum Gasteiger partial charge on any atom is 0.319 e. The Balaban J connectivity index is 2.29. The molecule has 0 aromatic carbocycles. The molecule has 1 aromatic heterocycles. The van der Waals surface area contributed by atoms with Gasteiger partial charge in [-0.3, -0.25) is 9.59 Å². The number of methoxy groups -OCH3 is 1. The number of esters is 1. The molecule has 0 radical (unpaired) electrons. The number of carbonyl (C=O) groups excluding carboxylic acids is 2. The van der Waals surface area contributed by atoms with Gasteiger partial charge in [-0.05, 0) is 31.9 Å². The first kappa shape index (κ1) is 10.9. The number of ether oxygens (including phenoxy) is 1. The largest absolute Gasteiger partial charge is 0.468 e. The first-order valence-corrected chi connectivity index (χ1v) is 5.30. The molecule has 4 heteroatoms. The lowest BCUT2D eigenvalue weighted by Crippen LogP contribution is -2.45. The third-order valence-electron chi connectivity index (χ3n) is 3.18. The normalized spacial score (nSPS) is 17.6. The molecule has 0 aliphatic heterocycles. The molecular weight excluding hydrogens is 208 g/mol. The quantitative estimate of drug-likeness (QED) is 0.446. The molecule has 1 saturated carbocycles. The minimum atomic E-state index is -0.987. The van der Waals surface area contributed by atoms with Gasteiger partial charge in [0.15, 0.2) is 5.76 Å². The highest BCUT2D eigenvalue weighted by atomic mass is 16.5. The smallest absolute Gasteiger partial charge is 0.319 e. The summed E-state index contributed by atoms with van der Waals surface area (Å²) < 4.78 is 9.97. The van der Waals surface area contributed by atoms with E-state index in [1.165, 1.54) is 7.11 Å². The van der Waals surface area contributed by atoms with Crippen LogP contribution in [0.5, 0.6) is 0 Å². The van der Waals surface area contributed by atoms with Crippen LogP contribution in [-0.4, -0.2) is 18.9 Å². The van der Waals surface area contributed by atoms with Crippen LogP contribution in [0.1, 0.15) is 35.6 Å². The van der Waals surface area contributed by atoms with Crippen LogP contribution in [0.4, 0.5) is 0 Å². The number of ketones is 1. The number of rotatable bonds is 3. The van der Waals surface area contributed by atoms with Gasteiger partial charge in [0.05, 0.1) is 7.11 Å². The molecule has 0 N–H and O–H groups in total. The van der Waals surface area contributed by atoms with E-state index in [9.17, 15) is 9.59 Å². The predicted octanol–water partition coefficient (Wildman–Crippen LogP) is 2.11. The van der Waals surface area contributed by atoms with Crippen LogP contribution < -0.4 is 0 Å². The Kier molecular flexibility index (Phi) is 2.58. The topological polar surface area (TPSA) is 56.5 Å². The van der Waals surface area contributed by atoms with Crippen LogP contribution in [0.15, 0.2) is 16.5 Å². The van der Waals surface area contributed by atoms with Gasteiger partial charge in [0, 0.05) is 0 Å². The summed E-state index contributed by atoms with van der Waals surface area (Å²) >= 11 is 0. The van der Waals surface area contributed by atoms with E-state index < -0.39 is 11.4 Å². The predicted molar refractivity (Wildman–Crippen MR) is 56.1 cm³/mol. The van der Waals surface area contributed by atoms with Crippen molar-refractivity contribution in [3.63, 3.8) is 0 Å². The molecule has 0 saturated heterocycles. The third kappa shape index (κ3) is 1.45. The molecule has 86 valence electrons. The van der Waals surface area contributed by atoms with Crippen LogP contribution in [0.3, 0.4) is 0 Å². The molecule has 4 nitrogen and oxygen atoms in total. The van der Waals surface area contributed by atoms with Gasteiger partial charge in [-0.15, -0.1) is 0 Å². The second-order valence-electron chi connectivity index (χ2n) is 4.17. The van der Waals surface area contributed by atoms with E-state index in [0.717, 1.165) is 6.42 Å². The zero-order chi connectivity index (χ0) is 11.8. The molecule has 2 rings (SSSR count).